The second-order valence-electron chi connectivity index (χ2n) is 10.7. The fourth-order valence-corrected chi connectivity index (χ4v) is 5.75. The zero-order valence-corrected chi connectivity index (χ0v) is 22.1. The van der Waals surface area contributed by atoms with Crippen LogP contribution in [0.3, 0.4) is 0 Å². The third-order valence-electron chi connectivity index (χ3n) is 8.11. The number of nitrogens with one attached hydrogen (secondary N) is 3. The molecule has 37 heavy (non-hydrogen) atoms. The molecule has 3 aliphatic rings. The largest absolute Gasteiger partial charge is 0.358 e. The van der Waals surface area contributed by atoms with E-state index in [0.717, 1.165) is 30.0 Å². The third kappa shape index (κ3) is 5.21. The Balaban J connectivity index is 1.37. The molecule has 3 amide bonds. The summed E-state index contributed by atoms with van der Waals surface area (Å²) in [6, 6.07) is 5.34. The van der Waals surface area contributed by atoms with Crippen molar-refractivity contribution in [2.75, 3.05) is 45.1 Å². The summed E-state index contributed by atoms with van der Waals surface area (Å²) in [5.74, 6) is 0.247. The summed E-state index contributed by atoms with van der Waals surface area (Å²) in [7, 11) is 2.06. The molecule has 3 heterocycles. The van der Waals surface area contributed by atoms with Crippen LogP contribution in [0.5, 0.6) is 0 Å². The molecule has 5 rings (SSSR count). The van der Waals surface area contributed by atoms with Crippen LogP contribution >= 0.6 is 0 Å². The summed E-state index contributed by atoms with van der Waals surface area (Å²) in [6.45, 7) is 7.64. The summed E-state index contributed by atoms with van der Waals surface area (Å²) in [5, 5.41) is 5.99. The number of carbonyl (C=O) groups excluding carboxylic acids is 3. The molecular weight excluding hydrogens is 466 g/mol. The van der Waals surface area contributed by atoms with E-state index < -0.39 is 0 Å². The van der Waals surface area contributed by atoms with Crippen molar-refractivity contribution >= 4 is 35.1 Å². The number of fused-ring (bicyclic) bond motifs is 1. The highest BCUT2D eigenvalue weighted by molar-refractivity contribution is 6.35. The minimum Gasteiger partial charge on any atom is -0.358 e. The molecule has 0 radical (unpaired) electrons. The number of aryl methyl sites for hydroxylation is 1. The average molecular weight is 504 g/mol. The number of aromatic nitrogens is 1. The molecule has 1 aliphatic carbocycles. The smallest absolute Gasteiger partial charge is 0.256 e. The van der Waals surface area contributed by atoms with Crippen LogP contribution in [-0.2, 0) is 4.79 Å². The fourth-order valence-electron chi connectivity index (χ4n) is 5.75. The van der Waals surface area contributed by atoms with E-state index in [9.17, 15) is 14.4 Å². The van der Waals surface area contributed by atoms with Crippen molar-refractivity contribution in [2.45, 2.75) is 46.0 Å². The van der Waals surface area contributed by atoms with Crippen LogP contribution < -0.4 is 10.6 Å². The van der Waals surface area contributed by atoms with Gasteiger partial charge in [0.25, 0.3) is 17.7 Å². The molecule has 2 aromatic rings. The number of hydrogen-bond acceptors (Lipinski definition) is 4. The van der Waals surface area contributed by atoms with Crippen LogP contribution in [0.4, 0.5) is 5.69 Å². The number of H-pyrrole nitrogens is 1. The molecule has 1 aromatic heterocycles. The molecule has 3 N–H and O–H groups in total. The van der Waals surface area contributed by atoms with Gasteiger partial charge < -0.3 is 25.4 Å². The number of amides is 3. The minimum atomic E-state index is -0.214. The molecule has 0 spiro atoms. The van der Waals surface area contributed by atoms with Gasteiger partial charge in [-0.1, -0.05) is 19.3 Å². The minimum absolute atomic E-state index is 0.0252. The van der Waals surface area contributed by atoms with Crippen LogP contribution in [0.25, 0.3) is 11.6 Å². The van der Waals surface area contributed by atoms with Crippen molar-refractivity contribution in [1.29, 1.82) is 0 Å². The summed E-state index contributed by atoms with van der Waals surface area (Å²) in [5.41, 5.74) is 5.45. The van der Waals surface area contributed by atoms with Gasteiger partial charge >= 0.3 is 0 Å². The molecule has 0 unspecified atom stereocenters. The maximum absolute atomic E-state index is 13.3. The second-order valence-corrected chi connectivity index (χ2v) is 10.7. The van der Waals surface area contributed by atoms with Crippen LogP contribution in [0.1, 0.15) is 75.3 Å². The van der Waals surface area contributed by atoms with Gasteiger partial charge in [0.1, 0.15) is 0 Å². The normalized spacial score (nSPS) is 19.7. The lowest BCUT2D eigenvalue weighted by molar-refractivity contribution is -0.110. The van der Waals surface area contributed by atoms with E-state index in [-0.39, 0.29) is 17.7 Å². The highest BCUT2D eigenvalue weighted by Crippen LogP contribution is 2.35. The number of anilines is 1. The van der Waals surface area contributed by atoms with E-state index in [0.29, 0.717) is 53.5 Å². The van der Waals surface area contributed by atoms with Gasteiger partial charge in [0, 0.05) is 60.9 Å². The highest BCUT2D eigenvalue weighted by atomic mass is 16.2. The molecular formula is C29H37N5O3. The molecule has 1 aromatic carbocycles. The Bertz CT molecular complexity index is 1250. The topological polar surface area (TPSA) is 97.5 Å². The number of hydrogen-bond donors (Lipinski definition) is 3. The average Bonchev–Trinajstić information content (AvgIpc) is 3.36. The number of aromatic amines is 1. The van der Waals surface area contributed by atoms with Gasteiger partial charge in [0.2, 0.25) is 0 Å². The van der Waals surface area contributed by atoms with Crippen molar-refractivity contribution in [3.63, 3.8) is 0 Å². The molecule has 0 atom stereocenters. The lowest BCUT2D eigenvalue weighted by atomic mass is 9.89. The van der Waals surface area contributed by atoms with Crippen molar-refractivity contribution in [3.05, 3.63) is 51.8 Å². The van der Waals surface area contributed by atoms with Gasteiger partial charge in [-0.15, -0.1) is 0 Å². The van der Waals surface area contributed by atoms with E-state index in [2.05, 4.69) is 27.6 Å². The molecule has 8 nitrogen and oxygen atoms in total. The first-order valence-corrected chi connectivity index (χ1v) is 13.4. The van der Waals surface area contributed by atoms with Crippen molar-refractivity contribution in [2.24, 2.45) is 5.92 Å². The van der Waals surface area contributed by atoms with Crippen LogP contribution in [-0.4, -0.2) is 72.3 Å². The Hall–Kier alpha value is -3.39. The van der Waals surface area contributed by atoms with Gasteiger partial charge in [0.15, 0.2) is 0 Å². The van der Waals surface area contributed by atoms with E-state index >= 15 is 0 Å². The van der Waals surface area contributed by atoms with Crippen molar-refractivity contribution < 1.29 is 14.4 Å². The van der Waals surface area contributed by atoms with Crippen LogP contribution in [0.15, 0.2) is 18.2 Å². The van der Waals surface area contributed by atoms with Gasteiger partial charge in [-0.2, -0.15) is 0 Å². The van der Waals surface area contributed by atoms with E-state index in [1.54, 1.807) is 24.3 Å². The maximum atomic E-state index is 13.3. The molecule has 1 saturated heterocycles. The Morgan fingerprint density at radius 3 is 2.54 bits per heavy atom. The molecule has 2 aliphatic heterocycles. The number of nitrogens with zero attached hydrogens (tertiary/aromatic N) is 2. The predicted octanol–water partition coefficient (Wildman–Crippen LogP) is 3.82. The van der Waals surface area contributed by atoms with E-state index in [1.807, 2.05) is 18.7 Å². The first kappa shape index (κ1) is 25.3. The monoisotopic (exact) mass is 503 g/mol. The quantitative estimate of drug-likeness (QED) is 0.541. The fraction of sp³-hybridized carbons (Fsp3) is 0.483. The van der Waals surface area contributed by atoms with Gasteiger partial charge in [-0.3, -0.25) is 14.4 Å². The third-order valence-corrected chi connectivity index (χ3v) is 8.11. The molecule has 196 valence electrons. The first-order valence-electron chi connectivity index (χ1n) is 13.4. The SMILES string of the molecule is Cc1[nH]c(/C=C2\C(=O)Nc3ccc(C(=O)NCC4CCCCC4)cc32)c(C)c1C(=O)N1CCN(C)CC1. The first-order chi connectivity index (χ1) is 17.8. The molecule has 8 heteroatoms. The van der Waals surface area contributed by atoms with Gasteiger partial charge in [-0.25, -0.2) is 0 Å². The van der Waals surface area contributed by atoms with Gasteiger partial charge in [0.05, 0.1) is 11.1 Å². The van der Waals surface area contributed by atoms with Crippen molar-refractivity contribution in [1.82, 2.24) is 20.1 Å². The van der Waals surface area contributed by atoms with Crippen LogP contribution in [0, 0.1) is 19.8 Å². The zero-order chi connectivity index (χ0) is 26.1. The lowest BCUT2D eigenvalue weighted by Gasteiger charge is -2.32. The van der Waals surface area contributed by atoms with E-state index in [1.165, 1.54) is 32.1 Å². The van der Waals surface area contributed by atoms with E-state index in [4.69, 9.17) is 0 Å². The number of carbonyl (C=O) groups is 3. The Morgan fingerprint density at radius 1 is 1.08 bits per heavy atom. The zero-order valence-electron chi connectivity index (χ0n) is 22.1. The Morgan fingerprint density at radius 2 is 1.81 bits per heavy atom. The number of benzene rings is 1. The Kier molecular flexibility index (Phi) is 7.20. The molecule has 0 bridgehead atoms. The second kappa shape index (κ2) is 10.5. The summed E-state index contributed by atoms with van der Waals surface area (Å²) >= 11 is 0. The molecule has 2 fully saturated rings. The highest BCUT2D eigenvalue weighted by Gasteiger charge is 2.28. The van der Waals surface area contributed by atoms with Crippen molar-refractivity contribution in [3.8, 4) is 0 Å². The molecule has 1 saturated carbocycles. The van der Waals surface area contributed by atoms with Crippen LogP contribution in [0.2, 0.25) is 0 Å². The van der Waals surface area contributed by atoms with Gasteiger partial charge in [-0.05, 0) is 69.5 Å². The number of piperazine rings is 1. The summed E-state index contributed by atoms with van der Waals surface area (Å²) < 4.78 is 0. The number of rotatable bonds is 5. The number of likely N-dealkylation sites (N-methyl/N-ethyl adjacent to an activating group) is 1. The Labute approximate surface area is 218 Å². The summed E-state index contributed by atoms with van der Waals surface area (Å²) in [4.78, 5) is 46.5. The maximum Gasteiger partial charge on any atom is 0.256 e. The summed E-state index contributed by atoms with van der Waals surface area (Å²) in [6.07, 6.45) is 7.90. The predicted molar refractivity (Wildman–Crippen MR) is 146 cm³/mol. The lowest BCUT2D eigenvalue weighted by Crippen LogP contribution is -2.47. The standard InChI is InChI=1S/C29H37N5O3/c1-18-25(31-19(2)26(18)29(37)34-13-11-33(3)12-14-34)16-23-22-15-21(9-10-24(22)32-28(23)36)27(35)30-17-20-7-5-4-6-8-20/h9-10,15-16,20,31H,4-8,11-14,17H2,1-3H3,(H,30,35)(H,32,36)/b23-16-.